The predicted molar refractivity (Wildman–Crippen MR) is 136 cm³/mol. The van der Waals surface area contributed by atoms with Gasteiger partial charge in [-0.2, -0.15) is 0 Å². The topological polar surface area (TPSA) is 70.6 Å². The number of ether oxygens (including phenoxy) is 1. The first kappa shape index (κ1) is 23.8. The van der Waals surface area contributed by atoms with Crippen molar-refractivity contribution in [1.29, 1.82) is 0 Å². The molecule has 0 saturated carbocycles. The number of fused-ring (bicyclic) bond motifs is 1. The monoisotopic (exact) mass is 495 g/mol. The van der Waals surface area contributed by atoms with Gasteiger partial charge in [-0.25, -0.2) is 14.4 Å². The number of hydrogen-bond donors (Lipinski definition) is 1. The molecule has 9 heteroatoms. The summed E-state index contributed by atoms with van der Waals surface area (Å²) in [6.07, 6.45) is 1.77. The zero-order valence-electron chi connectivity index (χ0n) is 20.5. The fourth-order valence-corrected chi connectivity index (χ4v) is 6.05. The molecular weight excluding hydrogens is 465 g/mol. The molecule has 2 aliphatic heterocycles. The van der Waals surface area contributed by atoms with E-state index in [1.807, 2.05) is 24.8 Å². The van der Waals surface area contributed by atoms with Gasteiger partial charge < -0.3 is 15.0 Å². The number of nitrogens with zero attached hydrogens (tertiary/aromatic N) is 4. The number of rotatable bonds is 6. The molecule has 1 aromatic carbocycles. The lowest BCUT2D eigenvalue weighted by molar-refractivity contribution is 0.0263. The van der Waals surface area contributed by atoms with Crippen LogP contribution in [0.3, 0.4) is 0 Å². The van der Waals surface area contributed by atoms with Crippen molar-refractivity contribution in [2.45, 2.75) is 33.2 Å². The van der Waals surface area contributed by atoms with Gasteiger partial charge in [-0.1, -0.05) is 0 Å². The van der Waals surface area contributed by atoms with Gasteiger partial charge in [-0.05, 0) is 63.1 Å². The third-order valence-electron chi connectivity index (χ3n) is 6.82. The van der Waals surface area contributed by atoms with Gasteiger partial charge >= 0.3 is 0 Å². The SMILES string of the molecule is Cc1cc(F)ccc1Nc1ncc(C)c(-c2cc3c(s2)C(C)(C)N(CCN2CCOCC2)C3=O)n1. The maximum absolute atomic E-state index is 13.5. The van der Waals surface area contributed by atoms with Gasteiger partial charge in [0.05, 0.1) is 34.9 Å². The van der Waals surface area contributed by atoms with Crippen LogP contribution in [0.4, 0.5) is 16.0 Å². The number of anilines is 2. The second-order valence-corrected chi connectivity index (χ2v) is 10.7. The number of carbonyl (C=O) groups excluding carboxylic acids is 1. The molecule has 4 heterocycles. The molecule has 1 fully saturated rings. The Balaban J connectivity index is 1.38. The molecule has 1 amide bonds. The third kappa shape index (κ3) is 4.55. The molecule has 7 nitrogen and oxygen atoms in total. The van der Waals surface area contributed by atoms with Crippen LogP contribution in [0.15, 0.2) is 30.5 Å². The van der Waals surface area contributed by atoms with Gasteiger partial charge in [-0.15, -0.1) is 11.3 Å². The highest BCUT2D eigenvalue weighted by Gasteiger charge is 2.45. The van der Waals surface area contributed by atoms with Crippen LogP contribution in [-0.2, 0) is 10.3 Å². The minimum Gasteiger partial charge on any atom is -0.379 e. The lowest BCUT2D eigenvalue weighted by Crippen LogP contribution is -2.46. The van der Waals surface area contributed by atoms with Crippen molar-refractivity contribution in [3.63, 3.8) is 0 Å². The number of amides is 1. The van der Waals surface area contributed by atoms with Crippen molar-refractivity contribution in [2.75, 3.05) is 44.7 Å². The molecule has 0 bridgehead atoms. The zero-order valence-corrected chi connectivity index (χ0v) is 21.3. The van der Waals surface area contributed by atoms with E-state index in [2.05, 4.69) is 29.0 Å². The molecule has 0 radical (unpaired) electrons. The highest BCUT2D eigenvalue weighted by Crippen LogP contribution is 2.46. The van der Waals surface area contributed by atoms with Crippen molar-refractivity contribution in [3.8, 4) is 10.6 Å². The Labute approximate surface area is 209 Å². The van der Waals surface area contributed by atoms with E-state index in [1.165, 1.54) is 12.1 Å². The Kier molecular flexibility index (Phi) is 6.33. The van der Waals surface area contributed by atoms with Crippen LogP contribution in [0.25, 0.3) is 10.6 Å². The maximum atomic E-state index is 13.5. The van der Waals surface area contributed by atoms with Gasteiger partial charge in [0, 0.05) is 42.9 Å². The number of halogens is 1. The standard InChI is InChI=1S/C26H30FN5O2S/c1-16-13-18(27)5-6-20(16)29-25-28-15-17(2)22(30-25)21-14-19-23(35-21)26(3,4)32(24(19)33)8-7-31-9-11-34-12-10-31/h5-6,13-15H,7-12H2,1-4H3,(H,28,29,30). The first-order valence-electron chi connectivity index (χ1n) is 11.9. The largest absolute Gasteiger partial charge is 0.379 e. The molecule has 184 valence electrons. The summed E-state index contributed by atoms with van der Waals surface area (Å²) in [6.45, 7) is 12.9. The average molecular weight is 496 g/mol. The minimum absolute atomic E-state index is 0.0766. The summed E-state index contributed by atoms with van der Waals surface area (Å²) >= 11 is 1.62. The zero-order chi connectivity index (χ0) is 24.7. The molecular formula is C26H30FN5O2S. The van der Waals surface area contributed by atoms with E-state index in [4.69, 9.17) is 9.72 Å². The van der Waals surface area contributed by atoms with Crippen LogP contribution in [0.1, 0.15) is 40.2 Å². The second-order valence-electron chi connectivity index (χ2n) is 9.63. The summed E-state index contributed by atoms with van der Waals surface area (Å²) in [5, 5.41) is 3.19. The van der Waals surface area contributed by atoms with Crippen molar-refractivity contribution in [2.24, 2.45) is 0 Å². The molecule has 2 aromatic heterocycles. The lowest BCUT2D eigenvalue weighted by atomic mass is 10.0. The second kappa shape index (κ2) is 9.29. The van der Waals surface area contributed by atoms with E-state index >= 15 is 0 Å². The van der Waals surface area contributed by atoms with Crippen molar-refractivity contribution >= 4 is 28.9 Å². The highest BCUT2D eigenvalue weighted by molar-refractivity contribution is 7.16. The fourth-order valence-electron chi connectivity index (χ4n) is 4.73. The van der Waals surface area contributed by atoms with Crippen LogP contribution in [-0.4, -0.2) is 65.1 Å². The molecule has 1 N–H and O–H groups in total. The van der Waals surface area contributed by atoms with Crippen molar-refractivity contribution in [1.82, 2.24) is 19.8 Å². The Bertz CT molecular complexity index is 1270. The number of nitrogens with one attached hydrogen (secondary N) is 1. The average Bonchev–Trinajstić information content (AvgIpc) is 3.35. The van der Waals surface area contributed by atoms with Crippen LogP contribution in [0.5, 0.6) is 0 Å². The number of morpholine rings is 1. The lowest BCUT2D eigenvalue weighted by Gasteiger charge is -2.35. The minimum atomic E-state index is -0.380. The van der Waals surface area contributed by atoms with Crippen molar-refractivity contribution in [3.05, 3.63) is 57.8 Å². The third-order valence-corrected chi connectivity index (χ3v) is 8.28. The van der Waals surface area contributed by atoms with Crippen molar-refractivity contribution < 1.29 is 13.9 Å². The molecule has 3 aromatic rings. The van der Waals surface area contributed by atoms with Crippen LogP contribution >= 0.6 is 11.3 Å². The summed E-state index contributed by atoms with van der Waals surface area (Å²) in [4.78, 5) is 28.9. The first-order chi connectivity index (χ1) is 16.7. The smallest absolute Gasteiger partial charge is 0.255 e. The molecule has 0 aliphatic carbocycles. The summed E-state index contributed by atoms with van der Waals surface area (Å²) < 4.78 is 18.9. The van der Waals surface area contributed by atoms with Gasteiger partial charge in [0.2, 0.25) is 5.95 Å². The van der Waals surface area contributed by atoms with Crippen LogP contribution in [0.2, 0.25) is 0 Å². The van der Waals surface area contributed by atoms with E-state index in [1.54, 1.807) is 23.6 Å². The molecule has 0 spiro atoms. The number of aryl methyl sites for hydroxylation is 2. The number of hydrogen-bond acceptors (Lipinski definition) is 7. The molecule has 0 atom stereocenters. The van der Waals surface area contributed by atoms with Gasteiger partial charge in [-0.3, -0.25) is 9.69 Å². The number of aromatic nitrogens is 2. The van der Waals surface area contributed by atoms with Gasteiger partial charge in [0.25, 0.3) is 5.91 Å². The Morgan fingerprint density at radius 1 is 1.14 bits per heavy atom. The summed E-state index contributed by atoms with van der Waals surface area (Å²) in [7, 11) is 0. The van der Waals surface area contributed by atoms with E-state index in [0.29, 0.717) is 12.5 Å². The van der Waals surface area contributed by atoms with Gasteiger partial charge in [0.15, 0.2) is 0 Å². The van der Waals surface area contributed by atoms with E-state index < -0.39 is 0 Å². The Morgan fingerprint density at radius 3 is 2.63 bits per heavy atom. The Morgan fingerprint density at radius 2 is 1.91 bits per heavy atom. The molecule has 0 unspecified atom stereocenters. The first-order valence-corrected chi connectivity index (χ1v) is 12.7. The number of thiophene rings is 1. The molecule has 35 heavy (non-hydrogen) atoms. The normalized spacial score (nSPS) is 17.6. The fraction of sp³-hybridized carbons (Fsp3) is 0.423. The molecule has 2 aliphatic rings. The van der Waals surface area contributed by atoms with Crippen LogP contribution < -0.4 is 5.32 Å². The summed E-state index contributed by atoms with van der Waals surface area (Å²) in [5.41, 5.74) is 3.64. The van der Waals surface area contributed by atoms with E-state index in [-0.39, 0.29) is 17.3 Å². The van der Waals surface area contributed by atoms with Crippen LogP contribution in [0, 0.1) is 19.7 Å². The van der Waals surface area contributed by atoms with E-state index in [0.717, 1.165) is 70.7 Å². The number of carbonyl (C=O) groups is 1. The summed E-state index contributed by atoms with van der Waals surface area (Å²) in [6, 6.07) is 6.54. The quantitative estimate of drug-likeness (QED) is 0.533. The summed E-state index contributed by atoms with van der Waals surface area (Å²) in [5.74, 6) is 0.234. The Hall–Kier alpha value is -2.88. The highest BCUT2D eigenvalue weighted by atomic mass is 32.1. The molecule has 5 rings (SSSR count). The number of benzene rings is 1. The predicted octanol–water partition coefficient (Wildman–Crippen LogP) is 4.73. The molecule has 1 saturated heterocycles. The maximum Gasteiger partial charge on any atom is 0.255 e. The van der Waals surface area contributed by atoms with Gasteiger partial charge in [0.1, 0.15) is 5.82 Å². The van der Waals surface area contributed by atoms with E-state index in [9.17, 15) is 9.18 Å².